The fraction of sp³-hybridized carbons (Fsp3) is 0.278. The molecular weight excluding hydrogens is 335 g/mol. The summed E-state index contributed by atoms with van der Waals surface area (Å²) in [4.78, 5) is 8.90. The fourth-order valence-corrected chi connectivity index (χ4v) is 1.89. The summed E-state index contributed by atoms with van der Waals surface area (Å²) >= 11 is 0. The number of hydrogen-bond acceptors (Lipinski definition) is 3. The molecule has 2 rings (SSSR count). The predicted molar refractivity (Wildman–Crippen MR) is 88.4 cm³/mol. The van der Waals surface area contributed by atoms with Crippen molar-refractivity contribution in [3.8, 4) is 5.75 Å². The molecule has 0 aliphatic carbocycles. The van der Waals surface area contributed by atoms with Crippen LogP contribution in [0.25, 0.3) is 0 Å². The molecule has 0 aliphatic heterocycles. The Balaban J connectivity index is 0.000000381. The summed E-state index contributed by atoms with van der Waals surface area (Å²) in [6, 6.07) is 16.6. The quantitative estimate of drug-likeness (QED) is 0.853. The maximum atomic E-state index is 10.6. The number of carboxylic acids is 1. The van der Waals surface area contributed by atoms with Crippen molar-refractivity contribution in [3.05, 3.63) is 65.2 Å². The van der Waals surface area contributed by atoms with Crippen molar-refractivity contribution < 1.29 is 27.8 Å². The zero-order valence-corrected chi connectivity index (χ0v) is 13.9. The van der Waals surface area contributed by atoms with Gasteiger partial charge in [0.2, 0.25) is 0 Å². The molecule has 0 amide bonds. The first-order valence-corrected chi connectivity index (χ1v) is 7.42. The van der Waals surface area contributed by atoms with E-state index in [1.165, 1.54) is 16.7 Å². The molecule has 2 N–H and O–H groups in total. The molecule has 0 saturated carbocycles. The minimum absolute atomic E-state index is 0.873. The van der Waals surface area contributed by atoms with Crippen molar-refractivity contribution in [1.29, 1.82) is 0 Å². The van der Waals surface area contributed by atoms with Crippen molar-refractivity contribution in [2.75, 3.05) is 7.11 Å². The normalized spacial score (nSPS) is 10.6. The third-order valence-electron chi connectivity index (χ3n) is 3.31. The lowest BCUT2D eigenvalue weighted by Crippen LogP contribution is -2.21. The van der Waals surface area contributed by atoms with E-state index in [9.17, 15) is 13.2 Å². The number of halogens is 3. The van der Waals surface area contributed by atoms with E-state index in [0.29, 0.717) is 0 Å². The number of ether oxygens (including phenoxy) is 1. The maximum Gasteiger partial charge on any atom is 0.490 e. The van der Waals surface area contributed by atoms with Crippen molar-refractivity contribution in [1.82, 2.24) is 5.32 Å². The maximum absolute atomic E-state index is 10.6. The average molecular weight is 355 g/mol. The molecular formula is C18H20F3NO3. The molecule has 2 aromatic rings. The zero-order chi connectivity index (χ0) is 18.9. The zero-order valence-electron chi connectivity index (χ0n) is 13.9. The minimum Gasteiger partial charge on any atom is -0.497 e. The van der Waals surface area contributed by atoms with Crippen LogP contribution in [0.2, 0.25) is 0 Å². The third-order valence-corrected chi connectivity index (χ3v) is 3.31. The van der Waals surface area contributed by atoms with E-state index in [4.69, 9.17) is 14.6 Å². The predicted octanol–water partition coefficient (Wildman–Crippen LogP) is 3.93. The van der Waals surface area contributed by atoms with Gasteiger partial charge in [0.15, 0.2) is 0 Å². The molecule has 25 heavy (non-hydrogen) atoms. The Morgan fingerprint density at radius 1 is 1.08 bits per heavy atom. The van der Waals surface area contributed by atoms with Crippen LogP contribution in [0, 0.1) is 6.92 Å². The van der Waals surface area contributed by atoms with Crippen LogP contribution in [0.1, 0.15) is 16.7 Å². The van der Waals surface area contributed by atoms with Crippen molar-refractivity contribution in [2.24, 2.45) is 0 Å². The summed E-state index contributed by atoms with van der Waals surface area (Å²) in [5.74, 6) is -1.86. The molecule has 0 radical (unpaired) electrons. The van der Waals surface area contributed by atoms with Crippen LogP contribution >= 0.6 is 0 Å². The summed E-state index contributed by atoms with van der Waals surface area (Å²) < 4.78 is 36.9. The van der Waals surface area contributed by atoms with E-state index < -0.39 is 12.1 Å². The number of aryl methyl sites for hydroxylation is 1. The Hall–Kier alpha value is -2.54. The number of rotatable bonds is 5. The summed E-state index contributed by atoms with van der Waals surface area (Å²) in [6.07, 6.45) is -5.08. The van der Waals surface area contributed by atoms with Crippen LogP contribution in [-0.2, 0) is 17.9 Å². The largest absolute Gasteiger partial charge is 0.497 e. The number of methoxy groups -OCH3 is 1. The molecule has 0 spiro atoms. The number of carbonyl (C=O) groups is 1. The van der Waals surface area contributed by atoms with Gasteiger partial charge in [-0.2, -0.15) is 13.2 Å². The Kier molecular flexibility index (Phi) is 7.94. The van der Waals surface area contributed by atoms with Gasteiger partial charge in [-0.1, -0.05) is 36.4 Å². The highest BCUT2D eigenvalue weighted by Gasteiger charge is 2.38. The molecule has 2 aromatic carbocycles. The lowest BCUT2D eigenvalue weighted by molar-refractivity contribution is -0.192. The molecule has 0 fully saturated rings. The Bertz CT molecular complexity index is 670. The van der Waals surface area contributed by atoms with Crippen molar-refractivity contribution in [3.63, 3.8) is 0 Å². The number of benzene rings is 2. The van der Waals surface area contributed by atoms with E-state index in [1.54, 1.807) is 7.11 Å². The first kappa shape index (κ1) is 20.5. The van der Waals surface area contributed by atoms with E-state index >= 15 is 0 Å². The fourth-order valence-electron chi connectivity index (χ4n) is 1.89. The Morgan fingerprint density at radius 3 is 2.12 bits per heavy atom. The molecule has 0 heterocycles. The van der Waals surface area contributed by atoms with Gasteiger partial charge in [-0.25, -0.2) is 4.79 Å². The molecule has 0 unspecified atom stereocenters. The van der Waals surface area contributed by atoms with Gasteiger partial charge < -0.3 is 15.2 Å². The van der Waals surface area contributed by atoms with Crippen LogP contribution in [0.3, 0.4) is 0 Å². The van der Waals surface area contributed by atoms with Crippen LogP contribution in [0.5, 0.6) is 5.75 Å². The lowest BCUT2D eigenvalue weighted by Gasteiger charge is -2.08. The summed E-state index contributed by atoms with van der Waals surface area (Å²) in [5.41, 5.74) is 3.95. The molecule has 0 bridgehead atoms. The lowest BCUT2D eigenvalue weighted by atomic mass is 10.1. The monoisotopic (exact) mass is 355 g/mol. The second kappa shape index (κ2) is 9.68. The number of hydrogen-bond donors (Lipinski definition) is 2. The van der Waals surface area contributed by atoms with E-state index in [-0.39, 0.29) is 0 Å². The standard InChI is InChI=1S/C16H19NO.C2HF3O2/c1-13-5-3-4-6-15(13)12-17-11-14-7-9-16(18-2)10-8-14;3-2(4,5)1(6)7/h3-10,17H,11-12H2,1-2H3;(H,6,7). The van der Waals surface area contributed by atoms with Gasteiger partial charge in [0, 0.05) is 13.1 Å². The second-order valence-corrected chi connectivity index (χ2v) is 5.18. The minimum atomic E-state index is -5.08. The van der Waals surface area contributed by atoms with Crippen molar-refractivity contribution in [2.45, 2.75) is 26.2 Å². The number of aliphatic carboxylic acids is 1. The molecule has 4 nitrogen and oxygen atoms in total. The van der Waals surface area contributed by atoms with Gasteiger partial charge in [-0.3, -0.25) is 0 Å². The SMILES string of the molecule is COc1ccc(CNCc2ccccc2C)cc1.O=C(O)C(F)(F)F. The average Bonchev–Trinajstić information content (AvgIpc) is 2.57. The van der Waals surface area contributed by atoms with E-state index in [2.05, 4.69) is 48.6 Å². The van der Waals surface area contributed by atoms with E-state index in [1.807, 2.05) is 12.1 Å². The topological polar surface area (TPSA) is 58.6 Å². The smallest absolute Gasteiger partial charge is 0.490 e. The van der Waals surface area contributed by atoms with Gasteiger partial charge in [0.1, 0.15) is 5.75 Å². The molecule has 7 heteroatoms. The summed E-state index contributed by atoms with van der Waals surface area (Å²) in [7, 11) is 1.69. The van der Waals surface area contributed by atoms with Gasteiger partial charge in [0.05, 0.1) is 7.11 Å². The summed E-state index contributed by atoms with van der Waals surface area (Å²) in [5, 5.41) is 10.6. The Morgan fingerprint density at radius 2 is 1.64 bits per heavy atom. The van der Waals surface area contributed by atoms with Crippen LogP contribution < -0.4 is 10.1 Å². The van der Waals surface area contributed by atoms with Gasteiger partial charge in [-0.05, 0) is 35.7 Å². The number of alkyl halides is 3. The summed E-state index contributed by atoms with van der Waals surface area (Å²) in [6.45, 7) is 3.92. The Labute approximate surface area is 144 Å². The second-order valence-electron chi connectivity index (χ2n) is 5.18. The molecule has 136 valence electrons. The van der Waals surface area contributed by atoms with Gasteiger partial charge in [0.25, 0.3) is 0 Å². The highest BCUT2D eigenvalue weighted by molar-refractivity contribution is 5.73. The molecule has 0 aliphatic rings. The van der Waals surface area contributed by atoms with Crippen LogP contribution in [-0.4, -0.2) is 24.4 Å². The highest BCUT2D eigenvalue weighted by atomic mass is 19.4. The molecule has 0 atom stereocenters. The van der Waals surface area contributed by atoms with Crippen LogP contribution in [0.15, 0.2) is 48.5 Å². The molecule has 0 aromatic heterocycles. The van der Waals surface area contributed by atoms with Gasteiger partial charge in [-0.15, -0.1) is 0 Å². The number of nitrogens with one attached hydrogen (secondary N) is 1. The van der Waals surface area contributed by atoms with Gasteiger partial charge >= 0.3 is 12.1 Å². The highest BCUT2D eigenvalue weighted by Crippen LogP contribution is 2.13. The first-order chi connectivity index (χ1) is 11.7. The molecule has 0 saturated heterocycles. The van der Waals surface area contributed by atoms with Crippen LogP contribution in [0.4, 0.5) is 13.2 Å². The third kappa shape index (κ3) is 7.71. The van der Waals surface area contributed by atoms with Crippen molar-refractivity contribution >= 4 is 5.97 Å². The van der Waals surface area contributed by atoms with E-state index in [0.717, 1.165) is 18.8 Å². The first-order valence-electron chi connectivity index (χ1n) is 7.42. The number of carboxylic acid groups (broad SMARTS) is 1.